The highest BCUT2D eigenvalue weighted by atomic mass is 16.2. The van der Waals surface area contributed by atoms with Crippen molar-refractivity contribution in [2.24, 2.45) is 10.8 Å². The second-order valence-electron chi connectivity index (χ2n) is 6.65. The molecule has 0 atom stereocenters. The van der Waals surface area contributed by atoms with E-state index in [4.69, 9.17) is 0 Å². The van der Waals surface area contributed by atoms with E-state index >= 15 is 0 Å². The average Bonchev–Trinajstić information content (AvgIpc) is 2.99. The van der Waals surface area contributed by atoms with Crippen LogP contribution in [0.2, 0.25) is 0 Å². The van der Waals surface area contributed by atoms with Crippen LogP contribution >= 0.6 is 0 Å². The Morgan fingerprint density at radius 3 is 2.12 bits per heavy atom. The van der Waals surface area contributed by atoms with Gasteiger partial charge in [0.2, 0.25) is 5.91 Å². The van der Waals surface area contributed by atoms with Gasteiger partial charge in [-0.15, -0.1) is 0 Å². The summed E-state index contributed by atoms with van der Waals surface area (Å²) in [6, 6.07) is 0. The van der Waals surface area contributed by atoms with Gasteiger partial charge in [-0.1, -0.05) is 20.8 Å². The molecule has 0 N–H and O–H groups in total. The minimum atomic E-state index is 0.290. The standard InChI is InChI=1S/C14H25NO/c1-13(2,3)14(7-8-14)11-12(16)15-9-5-4-6-10-15/h4-11H2,1-3H3. The van der Waals surface area contributed by atoms with E-state index in [-0.39, 0.29) is 0 Å². The summed E-state index contributed by atoms with van der Waals surface area (Å²) in [4.78, 5) is 14.3. The molecule has 0 aromatic heterocycles. The summed E-state index contributed by atoms with van der Waals surface area (Å²) in [6.07, 6.45) is 6.99. The summed E-state index contributed by atoms with van der Waals surface area (Å²) < 4.78 is 0. The third-order valence-electron chi connectivity index (χ3n) is 4.64. The summed E-state index contributed by atoms with van der Waals surface area (Å²) >= 11 is 0. The number of rotatable bonds is 2. The van der Waals surface area contributed by atoms with Gasteiger partial charge in [0.1, 0.15) is 0 Å². The van der Waals surface area contributed by atoms with Crippen LogP contribution in [0.4, 0.5) is 0 Å². The first-order chi connectivity index (χ1) is 7.45. The van der Waals surface area contributed by atoms with Crippen LogP contribution in [0.25, 0.3) is 0 Å². The summed E-state index contributed by atoms with van der Waals surface area (Å²) in [5.41, 5.74) is 0.611. The van der Waals surface area contributed by atoms with Crippen molar-refractivity contribution in [3.8, 4) is 0 Å². The van der Waals surface area contributed by atoms with E-state index in [0.29, 0.717) is 16.7 Å². The Morgan fingerprint density at radius 1 is 1.12 bits per heavy atom. The van der Waals surface area contributed by atoms with Crippen molar-refractivity contribution in [2.45, 2.75) is 59.3 Å². The van der Waals surface area contributed by atoms with E-state index in [0.717, 1.165) is 19.5 Å². The van der Waals surface area contributed by atoms with Gasteiger partial charge >= 0.3 is 0 Å². The van der Waals surface area contributed by atoms with Crippen molar-refractivity contribution in [2.75, 3.05) is 13.1 Å². The van der Waals surface area contributed by atoms with Crippen LogP contribution in [0.5, 0.6) is 0 Å². The Morgan fingerprint density at radius 2 is 1.69 bits per heavy atom. The smallest absolute Gasteiger partial charge is 0.223 e. The van der Waals surface area contributed by atoms with E-state index in [1.54, 1.807) is 0 Å². The van der Waals surface area contributed by atoms with Gasteiger partial charge < -0.3 is 4.90 Å². The van der Waals surface area contributed by atoms with E-state index in [2.05, 4.69) is 25.7 Å². The van der Waals surface area contributed by atoms with Gasteiger partial charge in [-0.2, -0.15) is 0 Å². The number of carbonyl (C=O) groups is 1. The normalized spacial score (nSPS) is 24.3. The zero-order chi connectivity index (χ0) is 11.8. The Labute approximate surface area is 99.4 Å². The molecule has 0 aromatic rings. The highest BCUT2D eigenvalue weighted by Crippen LogP contribution is 2.60. The maximum Gasteiger partial charge on any atom is 0.223 e. The molecule has 0 aromatic carbocycles. The fourth-order valence-corrected chi connectivity index (χ4v) is 2.89. The number of hydrogen-bond donors (Lipinski definition) is 0. The van der Waals surface area contributed by atoms with Crippen molar-refractivity contribution < 1.29 is 4.79 Å². The van der Waals surface area contributed by atoms with Gasteiger partial charge in [-0.05, 0) is 42.9 Å². The first-order valence-corrected chi connectivity index (χ1v) is 6.72. The lowest BCUT2D eigenvalue weighted by molar-refractivity contribution is -0.134. The topological polar surface area (TPSA) is 20.3 Å². The molecule has 0 bridgehead atoms. The zero-order valence-electron chi connectivity index (χ0n) is 11.0. The van der Waals surface area contributed by atoms with E-state index in [1.807, 2.05) is 0 Å². The fourth-order valence-electron chi connectivity index (χ4n) is 2.89. The third kappa shape index (κ3) is 2.26. The molecule has 1 heterocycles. The molecule has 1 aliphatic carbocycles. The van der Waals surface area contributed by atoms with Crippen molar-refractivity contribution in [1.29, 1.82) is 0 Å². The molecule has 0 unspecified atom stereocenters. The Bertz CT molecular complexity index is 267. The van der Waals surface area contributed by atoms with Crippen molar-refractivity contribution in [1.82, 2.24) is 4.90 Å². The molecule has 1 saturated carbocycles. The summed E-state index contributed by atoms with van der Waals surface area (Å²) in [5.74, 6) is 0.409. The number of carbonyl (C=O) groups excluding carboxylic acids is 1. The number of hydrogen-bond acceptors (Lipinski definition) is 1. The minimum absolute atomic E-state index is 0.290. The SMILES string of the molecule is CC(C)(C)C1(CC(=O)N2CCCCC2)CC1. The van der Waals surface area contributed by atoms with Crippen LogP contribution in [0.1, 0.15) is 59.3 Å². The quantitative estimate of drug-likeness (QED) is 0.704. The first-order valence-electron chi connectivity index (χ1n) is 6.72. The van der Waals surface area contributed by atoms with Gasteiger partial charge in [-0.25, -0.2) is 0 Å². The maximum atomic E-state index is 12.2. The summed E-state index contributed by atoms with van der Waals surface area (Å²) in [5, 5.41) is 0. The van der Waals surface area contributed by atoms with Crippen molar-refractivity contribution in [3.05, 3.63) is 0 Å². The highest BCUT2D eigenvalue weighted by molar-refractivity contribution is 5.77. The maximum absolute atomic E-state index is 12.2. The van der Waals surface area contributed by atoms with Crippen LogP contribution in [-0.2, 0) is 4.79 Å². The number of piperidine rings is 1. The molecule has 2 aliphatic rings. The molecule has 92 valence electrons. The molecule has 1 saturated heterocycles. The summed E-state index contributed by atoms with van der Waals surface area (Å²) in [6.45, 7) is 8.84. The Hall–Kier alpha value is -0.530. The molecule has 2 heteroatoms. The third-order valence-corrected chi connectivity index (χ3v) is 4.64. The molecule has 2 nitrogen and oxygen atoms in total. The molecular weight excluding hydrogens is 198 g/mol. The highest BCUT2D eigenvalue weighted by Gasteiger charge is 2.53. The molecule has 1 aliphatic heterocycles. The predicted octanol–water partition coefficient (Wildman–Crippen LogP) is 3.22. The second kappa shape index (κ2) is 4.05. The lowest BCUT2D eigenvalue weighted by Crippen LogP contribution is -2.38. The molecule has 2 fully saturated rings. The Kier molecular flexibility index (Phi) is 3.02. The molecule has 0 radical (unpaired) electrons. The van der Waals surface area contributed by atoms with E-state index in [1.165, 1.54) is 32.1 Å². The zero-order valence-corrected chi connectivity index (χ0v) is 11.0. The van der Waals surface area contributed by atoms with Crippen LogP contribution in [0.15, 0.2) is 0 Å². The van der Waals surface area contributed by atoms with E-state index < -0.39 is 0 Å². The predicted molar refractivity (Wildman–Crippen MR) is 66.2 cm³/mol. The van der Waals surface area contributed by atoms with Crippen LogP contribution in [0.3, 0.4) is 0 Å². The molecule has 1 amide bonds. The van der Waals surface area contributed by atoms with Crippen LogP contribution < -0.4 is 0 Å². The monoisotopic (exact) mass is 223 g/mol. The number of likely N-dealkylation sites (tertiary alicyclic amines) is 1. The Balaban J connectivity index is 1.92. The van der Waals surface area contributed by atoms with Gasteiger partial charge in [0.15, 0.2) is 0 Å². The van der Waals surface area contributed by atoms with Crippen molar-refractivity contribution >= 4 is 5.91 Å². The second-order valence-corrected chi connectivity index (χ2v) is 6.65. The number of amides is 1. The number of nitrogens with zero attached hydrogens (tertiary/aromatic N) is 1. The minimum Gasteiger partial charge on any atom is -0.343 e. The lowest BCUT2D eigenvalue weighted by Gasteiger charge is -2.34. The first kappa shape index (κ1) is 11.9. The molecular formula is C14H25NO. The molecule has 2 rings (SSSR count). The van der Waals surface area contributed by atoms with Crippen molar-refractivity contribution in [3.63, 3.8) is 0 Å². The van der Waals surface area contributed by atoms with Gasteiger partial charge in [0.05, 0.1) is 0 Å². The van der Waals surface area contributed by atoms with Crippen LogP contribution in [-0.4, -0.2) is 23.9 Å². The molecule has 16 heavy (non-hydrogen) atoms. The van der Waals surface area contributed by atoms with E-state index in [9.17, 15) is 4.79 Å². The van der Waals surface area contributed by atoms with Gasteiger partial charge in [0, 0.05) is 19.5 Å². The average molecular weight is 223 g/mol. The van der Waals surface area contributed by atoms with Crippen LogP contribution in [0, 0.1) is 10.8 Å². The largest absolute Gasteiger partial charge is 0.343 e. The van der Waals surface area contributed by atoms with Gasteiger partial charge in [-0.3, -0.25) is 4.79 Å². The molecule has 0 spiro atoms. The fraction of sp³-hybridized carbons (Fsp3) is 0.929. The lowest BCUT2D eigenvalue weighted by atomic mass is 9.75. The van der Waals surface area contributed by atoms with Gasteiger partial charge in [0.25, 0.3) is 0 Å². The summed E-state index contributed by atoms with van der Waals surface area (Å²) in [7, 11) is 0.